The van der Waals surface area contributed by atoms with Crippen LogP contribution in [0.2, 0.25) is 0 Å². The first-order chi connectivity index (χ1) is 8.52. The quantitative estimate of drug-likeness (QED) is 0.900. The SMILES string of the molecule is CCS(=O)(=O)N[C@@H](C)c1ccc2c(c1)OCCO2. The van der Waals surface area contributed by atoms with Gasteiger partial charge in [-0.2, -0.15) is 0 Å². The van der Waals surface area contributed by atoms with Crippen LogP contribution in [-0.2, 0) is 10.0 Å². The van der Waals surface area contributed by atoms with Gasteiger partial charge in [0.15, 0.2) is 11.5 Å². The molecule has 0 radical (unpaired) electrons. The molecule has 0 saturated heterocycles. The molecule has 1 heterocycles. The molecule has 1 aliphatic heterocycles. The summed E-state index contributed by atoms with van der Waals surface area (Å²) in [6.07, 6.45) is 0. The van der Waals surface area contributed by atoms with Crippen molar-refractivity contribution in [1.29, 1.82) is 0 Å². The van der Waals surface area contributed by atoms with Crippen LogP contribution in [0.1, 0.15) is 25.5 Å². The van der Waals surface area contributed by atoms with Crippen molar-refractivity contribution in [3.8, 4) is 11.5 Å². The third-order valence-corrected chi connectivity index (χ3v) is 4.28. The molecule has 6 heteroatoms. The second kappa shape index (κ2) is 5.16. The Bertz CT molecular complexity index is 527. The number of nitrogens with one attached hydrogen (secondary N) is 1. The summed E-state index contributed by atoms with van der Waals surface area (Å²) in [7, 11) is -3.21. The Hall–Kier alpha value is -1.27. The Balaban J connectivity index is 2.18. The molecule has 2 rings (SSSR count). The van der Waals surface area contributed by atoms with Gasteiger partial charge in [-0.1, -0.05) is 6.07 Å². The number of hydrogen-bond acceptors (Lipinski definition) is 4. The van der Waals surface area contributed by atoms with Gasteiger partial charge in [0.05, 0.1) is 5.75 Å². The molecule has 1 aliphatic rings. The predicted molar refractivity (Wildman–Crippen MR) is 68.4 cm³/mol. The van der Waals surface area contributed by atoms with Gasteiger partial charge in [0.2, 0.25) is 10.0 Å². The highest BCUT2D eigenvalue weighted by Gasteiger charge is 2.17. The van der Waals surface area contributed by atoms with Crippen molar-refractivity contribution in [2.45, 2.75) is 19.9 Å². The van der Waals surface area contributed by atoms with E-state index in [-0.39, 0.29) is 11.8 Å². The topological polar surface area (TPSA) is 64.6 Å². The third kappa shape index (κ3) is 2.94. The van der Waals surface area contributed by atoms with Gasteiger partial charge in [0.25, 0.3) is 0 Å². The summed E-state index contributed by atoms with van der Waals surface area (Å²) in [5.41, 5.74) is 0.858. The first-order valence-corrected chi connectivity index (χ1v) is 7.56. The Morgan fingerprint density at radius 2 is 1.94 bits per heavy atom. The molecule has 0 spiro atoms. The molecule has 0 fully saturated rings. The molecule has 0 aliphatic carbocycles. The van der Waals surface area contributed by atoms with Gasteiger partial charge in [-0.25, -0.2) is 13.1 Å². The van der Waals surface area contributed by atoms with Crippen LogP contribution < -0.4 is 14.2 Å². The largest absolute Gasteiger partial charge is 0.486 e. The van der Waals surface area contributed by atoms with E-state index in [2.05, 4.69) is 4.72 Å². The van der Waals surface area contributed by atoms with Crippen molar-refractivity contribution in [1.82, 2.24) is 4.72 Å². The molecular formula is C12H17NO4S. The first kappa shape index (κ1) is 13.2. The maximum absolute atomic E-state index is 11.5. The zero-order valence-electron chi connectivity index (χ0n) is 10.5. The summed E-state index contributed by atoms with van der Waals surface area (Å²) < 4.78 is 36.5. The van der Waals surface area contributed by atoms with Crippen LogP contribution >= 0.6 is 0 Å². The molecule has 1 N–H and O–H groups in total. The van der Waals surface area contributed by atoms with Crippen LogP contribution in [0.3, 0.4) is 0 Å². The van der Waals surface area contributed by atoms with Crippen LogP contribution in [0, 0.1) is 0 Å². The lowest BCUT2D eigenvalue weighted by atomic mass is 10.1. The van der Waals surface area contributed by atoms with E-state index in [1.807, 2.05) is 12.1 Å². The standard InChI is InChI=1S/C12H17NO4S/c1-3-18(14,15)13-9(2)10-4-5-11-12(8-10)17-7-6-16-11/h4-5,8-9,13H,3,6-7H2,1-2H3/t9-/m0/s1. The number of benzene rings is 1. The Morgan fingerprint density at radius 3 is 2.61 bits per heavy atom. The molecular weight excluding hydrogens is 254 g/mol. The lowest BCUT2D eigenvalue weighted by molar-refractivity contribution is 0.171. The highest BCUT2D eigenvalue weighted by atomic mass is 32.2. The van der Waals surface area contributed by atoms with E-state index in [4.69, 9.17) is 9.47 Å². The summed E-state index contributed by atoms with van der Waals surface area (Å²) in [5, 5.41) is 0. The number of fused-ring (bicyclic) bond motifs is 1. The highest BCUT2D eigenvalue weighted by Crippen LogP contribution is 2.32. The summed E-state index contributed by atoms with van der Waals surface area (Å²) in [6.45, 7) is 4.48. The molecule has 18 heavy (non-hydrogen) atoms. The Kier molecular flexibility index (Phi) is 3.77. The number of hydrogen-bond donors (Lipinski definition) is 1. The van der Waals surface area contributed by atoms with Crippen LogP contribution in [-0.4, -0.2) is 27.4 Å². The van der Waals surface area contributed by atoms with E-state index in [9.17, 15) is 8.42 Å². The fourth-order valence-electron chi connectivity index (χ4n) is 1.75. The average molecular weight is 271 g/mol. The monoisotopic (exact) mass is 271 g/mol. The molecule has 0 saturated carbocycles. The van der Waals surface area contributed by atoms with Crippen LogP contribution in [0.5, 0.6) is 11.5 Å². The predicted octanol–water partition coefficient (Wildman–Crippen LogP) is 1.46. The van der Waals surface area contributed by atoms with Crippen molar-refractivity contribution < 1.29 is 17.9 Å². The van der Waals surface area contributed by atoms with Crippen LogP contribution in [0.25, 0.3) is 0 Å². The molecule has 1 aromatic carbocycles. The van der Waals surface area contributed by atoms with Gasteiger partial charge < -0.3 is 9.47 Å². The van der Waals surface area contributed by atoms with Crippen molar-refractivity contribution in [2.75, 3.05) is 19.0 Å². The molecule has 5 nitrogen and oxygen atoms in total. The second-order valence-electron chi connectivity index (χ2n) is 4.15. The number of sulfonamides is 1. The van der Waals surface area contributed by atoms with Gasteiger partial charge in [-0.05, 0) is 31.5 Å². The van der Waals surface area contributed by atoms with Crippen molar-refractivity contribution in [3.63, 3.8) is 0 Å². The lowest BCUT2D eigenvalue weighted by Gasteiger charge is -2.21. The van der Waals surface area contributed by atoms with Gasteiger partial charge in [-0.3, -0.25) is 0 Å². The molecule has 0 aromatic heterocycles. The summed E-state index contributed by atoms with van der Waals surface area (Å²) in [6, 6.07) is 5.18. The zero-order valence-corrected chi connectivity index (χ0v) is 11.3. The molecule has 1 aromatic rings. The van der Waals surface area contributed by atoms with E-state index < -0.39 is 10.0 Å². The van der Waals surface area contributed by atoms with Crippen LogP contribution in [0.15, 0.2) is 18.2 Å². The smallest absolute Gasteiger partial charge is 0.211 e. The summed E-state index contributed by atoms with van der Waals surface area (Å²) >= 11 is 0. The van der Waals surface area contributed by atoms with Gasteiger partial charge in [0, 0.05) is 6.04 Å². The normalized spacial score (nSPS) is 16.3. The van der Waals surface area contributed by atoms with Gasteiger partial charge >= 0.3 is 0 Å². The fourth-order valence-corrected chi connectivity index (χ4v) is 2.59. The third-order valence-electron chi connectivity index (χ3n) is 2.80. The minimum atomic E-state index is -3.21. The summed E-state index contributed by atoms with van der Waals surface area (Å²) in [4.78, 5) is 0. The molecule has 0 bridgehead atoms. The highest BCUT2D eigenvalue weighted by molar-refractivity contribution is 7.89. The second-order valence-corrected chi connectivity index (χ2v) is 6.19. The molecule has 1 atom stereocenters. The van der Waals surface area contributed by atoms with E-state index in [0.29, 0.717) is 24.7 Å². The summed E-state index contributed by atoms with van der Waals surface area (Å²) in [5.74, 6) is 1.44. The molecule has 0 unspecified atom stereocenters. The van der Waals surface area contributed by atoms with E-state index in [0.717, 1.165) is 5.56 Å². The lowest BCUT2D eigenvalue weighted by Crippen LogP contribution is -2.28. The first-order valence-electron chi connectivity index (χ1n) is 5.91. The molecule has 100 valence electrons. The average Bonchev–Trinajstić information content (AvgIpc) is 2.37. The zero-order chi connectivity index (χ0) is 13.2. The Morgan fingerprint density at radius 1 is 1.28 bits per heavy atom. The maximum atomic E-state index is 11.5. The van der Waals surface area contributed by atoms with E-state index >= 15 is 0 Å². The van der Waals surface area contributed by atoms with Gasteiger partial charge in [0.1, 0.15) is 13.2 Å². The maximum Gasteiger partial charge on any atom is 0.211 e. The minimum absolute atomic E-state index is 0.0713. The van der Waals surface area contributed by atoms with Gasteiger partial charge in [-0.15, -0.1) is 0 Å². The number of ether oxygens (including phenoxy) is 2. The van der Waals surface area contributed by atoms with Crippen molar-refractivity contribution in [2.24, 2.45) is 0 Å². The van der Waals surface area contributed by atoms with Crippen molar-refractivity contribution in [3.05, 3.63) is 23.8 Å². The molecule has 0 amide bonds. The van der Waals surface area contributed by atoms with E-state index in [1.54, 1.807) is 19.9 Å². The fraction of sp³-hybridized carbons (Fsp3) is 0.500. The number of rotatable bonds is 4. The van der Waals surface area contributed by atoms with E-state index in [1.165, 1.54) is 0 Å². The Labute approximate surface area is 107 Å². The minimum Gasteiger partial charge on any atom is -0.486 e. The van der Waals surface area contributed by atoms with Crippen molar-refractivity contribution >= 4 is 10.0 Å². The van der Waals surface area contributed by atoms with Crippen LogP contribution in [0.4, 0.5) is 0 Å².